The monoisotopic (exact) mass is 450 g/mol. The van der Waals surface area contributed by atoms with E-state index in [9.17, 15) is 4.79 Å². The normalized spacial score (nSPS) is 11.7. The van der Waals surface area contributed by atoms with Gasteiger partial charge in [0.15, 0.2) is 0 Å². The van der Waals surface area contributed by atoms with Crippen LogP contribution in [0.1, 0.15) is 16.7 Å². The van der Waals surface area contributed by atoms with Gasteiger partial charge in [-0.1, -0.05) is 115 Å². The van der Waals surface area contributed by atoms with Crippen molar-refractivity contribution in [3.63, 3.8) is 0 Å². The first-order valence-electron chi connectivity index (χ1n) is 11.7. The Kier molecular flexibility index (Phi) is 5.32. The molecule has 0 atom stereocenters. The maximum Gasteiger partial charge on any atom is 0.201 e. The van der Waals surface area contributed by atoms with Crippen LogP contribution in [-0.2, 0) is 0 Å². The van der Waals surface area contributed by atoms with Crippen LogP contribution in [0.25, 0.3) is 44.7 Å². The molecule has 0 radical (unpaired) electrons. The van der Waals surface area contributed by atoms with Crippen molar-refractivity contribution in [1.29, 1.82) is 0 Å². The van der Waals surface area contributed by atoms with Gasteiger partial charge in [0.25, 0.3) is 0 Å². The second kappa shape index (κ2) is 8.92. The quantitative estimate of drug-likeness (QED) is 0.253. The van der Waals surface area contributed by atoms with Crippen LogP contribution in [-0.4, -0.2) is 0 Å². The average Bonchev–Trinajstić information content (AvgIpc) is 2.93. The molecule has 0 fully saturated rings. The van der Waals surface area contributed by atoms with Gasteiger partial charge in [0.2, 0.25) is 5.43 Å². The van der Waals surface area contributed by atoms with Crippen LogP contribution in [0, 0.1) is 0 Å². The molecule has 0 aliphatic rings. The van der Waals surface area contributed by atoms with Gasteiger partial charge in [-0.15, -0.1) is 0 Å². The summed E-state index contributed by atoms with van der Waals surface area (Å²) >= 11 is 0. The lowest BCUT2D eigenvalue weighted by molar-refractivity contribution is 0.617. The molecule has 1 heterocycles. The third-order valence-electron chi connectivity index (χ3n) is 6.29. The summed E-state index contributed by atoms with van der Waals surface area (Å²) in [6, 6.07) is 41.9. The van der Waals surface area contributed by atoms with Crippen LogP contribution in [0.5, 0.6) is 0 Å². The lowest BCUT2D eigenvalue weighted by atomic mass is 9.89. The molecule has 35 heavy (non-hydrogen) atoms. The maximum absolute atomic E-state index is 14.2. The molecule has 0 spiro atoms. The van der Waals surface area contributed by atoms with Crippen molar-refractivity contribution in [3.8, 4) is 11.3 Å². The highest BCUT2D eigenvalue weighted by molar-refractivity contribution is 6.05. The molecule has 0 saturated heterocycles. The summed E-state index contributed by atoms with van der Waals surface area (Å²) in [6.07, 6.45) is 2.09. The van der Waals surface area contributed by atoms with Gasteiger partial charge in [-0.05, 0) is 45.7 Å². The standard InChI is InChI=1S/C33H22O2/c34-32-28-19-9-10-21-30(28)35-33(25-15-5-2-6-16-25)31(32)29(22-23-12-3-1-4-13-23)27-20-11-17-24-14-7-8-18-26(24)27/h1-22H/b29-22+. The lowest BCUT2D eigenvalue weighted by Crippen LogP contribution is -2.11. The first-order valence-corrected chi connectivity index (χ1v) is 11.7. The van der Waals surface area contributed by atoms with Crippen molar-refractivity contribution >= 4 is 33.4 Å². The van der Waals surface area contributed by atoms with Crippen LogP contribution in [0.2, 0.25) is 0 Å². The van der Waals surface area contributed by atoms with Gasteiger partial charge < -0.3 is 4.42 Å². The molecular formula is C33H22O2. The Hall–Kier alpha value is -4.69. The summed E-state index contributed by atoms with van der Waals surface area (Å²) in [4.78, 5) is 14.2. The van der Waals surface area contributed by atoms with Crippen molar-refractivity contribution in [2.75, 3.05) is 0 Å². The summed E-state index contributed by atoms with van der Waals surface area (Å²) in [5, 5.41) is 2.78. The first-order chi connectivity index (χ1) is 17.3. The van der Waals surface area contributed by atoms with Crippen molar-refractivity contribution in [1.82, 2.24) is 0 Å². The lowest BCUT2D eigenvalue weighted by Gasteiger charge is -2.16. The summed E-state index contributed by atoms with van der Waals surface area (Å²) in [5.41, 5.74) is 4.82. The molecule has 2 nitrogen and oxygen atoms in total. The summed E-state index contributed by atoms with van der Waals surface area (Å²) in [7, 11) is 0. The highest BCUT2D eigenvalue weighted by Gasteiger charge is 2.22. The third-order valence-corrected chi connectivity index (χ3v) is 6.29. The molecule has 1 aromatic heterocycles. The summed E-state index contributed by atoms with van der Waals surface area (Å²) in [5.74, 6) is 0.574. The number of hydrogen-bond acceptors (Lipinski definition) is 2. The van der Waals surface area contributed by atoms with E-state index in [1.165, 1.54) is 0 Å². The molecule has 0 aliphatic heterocycles. The van der Waals surface area contributed by atoms with Crippen molar-refractivity contribution in [3.05, 3.63) is 154 Å². The van der Waals surface area contributed by atoms with Gasteiger partial charge in [-0.25, -0.2) is 0 Å². The zero-order chi connectivity index (χ0) is 23.6. The highest BCUT2D eigenvalue weighted by atomic mass is 16.3. The Morgan fingerprint density at radius 2 is 1.23 bits per heavy atom. The molecule has 2 heteroatoms. The number of para-hydroxylation sites is 1. The first kappa shape index (κ1) is 20.9. The van der Waals surface area contributed by atoms with E-state index < -0.39 is 0 Å². The Morgan fingerprint density at radius 1 is 0.600 bits per heavy atom. The second-order valence-electron chi connectivity index (χ2n) is 8.49. The molecule has 0 aliphatic carbocycles. The smallest absolute Gasteiger partial charge is 0.201 e. The van der Waals surface area contributed by atoms with E-state index in [2.05, 4.69) is 42.5 Å². The molecule has 6 aromatic rings. The van der Waals surface area contributed by atoms with Gasteiger partial charge in [0, 0.05) is 5.56 Å². The van der Waals surface area contributed by atoms with Crippen LogP contribution < -0.4 is 5.43 Å². The van der Waals surface area contributed by atoms with E-state index in [1.807, 2.05) is 91.0 Å². The second-order valence-corrected chi connectivity index (χ2v) is 8.49. The van der Waals surface area contributed by atoms with Crippen molar-refractivity contribution in [2.45, 2.75) is 0 Å². The zero-order valence-electron chi connectivity index (χ0n) is 19.0. The largest absolute Gasteiger partial charge is 0.455 e. The molecule has 166 valence electrons. The van der Waals surface area contributed by atoms with Crippen molar-refractivity contribution in [2.24, 2.45) is 0 Å². The highest BCUT2D eigenvalue weighted by Crippen LogP contribution is 2.37. The minimum Gasteiger partial charge on any atom is -0.455 e. The third kappa shape index (κ3) is 3.85. The Labute approximate surface area is 203 Å². The van der Waals surface area contributed by atoms with Crippen LogP contribution in [0.15, 0.2) is 137 Å². The number of hydrogen-bond donors (Lipinski definition) is 0. The minimum atomic E-state index is -0.0409. The van der Waals surface area contributed by atoms with Gasteiger partial charge in [-0.3, -0.25) is 4.79 Å². The molecular weight excluding hydrogens is 428 g/mol. The van der Waals surface area contributed by atoms with E-state index in [-0.39, 0.29) is 5.43 Å². The van der Waals surface area contributed by atoms with E-state index in [0.29, 0.717) is 22.3 Å². The van der Waals surface area contributed by atoms with Crippen LogP contribution in [0.3, 0.4) is 0 Å². The van der Waals surface area contributed by atoms with E-state index in [1.54, 1.807) is 0 Å². The number of fused-ring (bicyclic) bond motifs is 2. The predicted molar refractivity (Wildman–Crippen MR) is 145 cm³/mol. The van der Waals surface area contributed by atoms with Gasteiger partial charge in [0.05, 0.1) is 10.9 Å². The fourth-order valence-electron chi connectivity index (χ4n) is 4.64. The summed E-state index contributed by atoms with van der Waals surface area (Å²) in [6.45, 7) is 0. The molecule has 6 rings (SSSR count). The Bertz CT molecular complexity index is 1740. The van der Waals surface area contributed by atoms with Gasteiger partial charge in [-0.2, -0.15) is 0 Å². The SMILES string of the molecule is O=c1c(/C(=C/c2ccccc2)c2cccc3ccccc23)c(-c2ccccc2)oc2ccccc12. The molecule has 0 saturated carbocycles. The summed E-state index contributed by atoms with van der Waals surface area (Å²) < 4.78 is 6.47. The maximum atomic E-state index is 14.2. The average molecular weight is 451 g/mol. The van der Waals surface area contributed by atoms with Crippen molar-refractivity contribution < 1.29 is 4.42 Å². The van der Waals surface area contributed by atoms with Crippen LogP contribution in [0.4, 0.5) is 0 Å². The van der Waals surface area contributed by atoms with E-state index in [4.69, 9.17) is 4.42 Å². The van der Waals surface area contributed by atoms with Gasteiger partial charge in [0.1, 0.15) is 11.3 Å². The molecule has 0 N–H and O–H groups in total. The number of benzene rings is 5. The minimum absolute atomic E-state index is 0.0409. The van der Waals surface area contributed by atoms with Gasteiger partial charge >= 0.3 is 0 Å². The topological polar surface area (TPSA) is 30.2 Å². The fourth-order valence-corrected chi connectivity index (χ4v) is 4.64. The molecule has 0 amide bonds. The molecule has 0 bridgehead atoms. The molecule has 5 aromatic carbocycles. The fraction of sp³-hybridized carbons (Fsp3) is 0. The van der Waals surface area contributed by atoms with E-state index in [0.717, 1.165) is 33.0 Å². The Balaban J connectivity index is 1.76. The number of rotatable bonds is 4. The molecule has 0 unspecified atom stereocenters. The zero-order valence-corrected chi connectivity index (χ0v) is 19.0. The van der Waals surface area contributed by atoms with Crippen LogP contribution >= 0.6 is 0 Å². The Morgan fingerprint density at radius 3 is 2.03 bits per heavy atom. The predicted octanol–water partition coefficient (Wildman–Crippen LogP) is 8.20. The van der Waals surface area contributed by atoms with E-state index >= 15 is 0 Å².